The van der Waals surface area contributed by atoms with Gasteiger partial charge in [-0.05, 0) is 61.7 Å². The molecule has 1 aliphatic heterocycles. The van der Waals surface area contributed by atoms with Crippen molar-refractivity contribution in [1.29, 1.82) is 0 Å². The number of nitrogens with zero attached hydrogens (tertiary/aromatic N) is 2. The summed E-state index contributed by atoms with van der Waals surface area (Å²) in [6.45, 7) is 2.96. The molecule has 1 fully saturated rings. The molecule has 1 aliphatic rings. The van der Waals surface area contributed by atoms with Crippen molar-refractivity contribution < 1.29 is 26.4 Å². The van der Waals surface area contributed by atoms with E-state index in [-0.39, 0.29) is 40.2 Å². The van der Waals surface area contributed by atoms with Crippen molar-refractivity contribution in [2.24, 2.45) is 0 Å². The maximum absolute atomic E-state index is 12.9. The van der Waals surface area contributed by atoms with Gasteiger partial charge in [0.15, 0.2) is 0 Å². The average molecular weight is 579 g/mol. The molecule has 2 aromatic rings. The molecule has 13 heteroatoms. The lowest BCUT2D eigenvalue weighted by Crippen LogP contribution is -2.50. The third kappa shape index (κ3) is 7.04. The number of ether oxygens (including phenoxy) is 1. The summed E-state index contributed by atoms with van der Waals surface area (Å²) in [5.41, 5.74) is 0.192. The number of rotatable bonds is 11. The largest absolute Gasteiger partial charge is 0.492 e. The van der Waals surface area contributed by atoms with Crippen molar-refractivity contribution >= 4 is 54.8 Å². The van der Waals surface area contributed by atoms with Gasteiger partial charge < -0.3 is 10.1 Å². The van der Waals surface area contributed by atoms with Crippen LogP contribution in [0, 0.1) is 0 Å². The average Bonchev–Trinajstić information content (AvgIpc) is 3.35. The minimum absolute atomic E-state index is 0.0995. The fraction of sp³-hybridized carbons (Fsp3) is 0.435. The summed E-state index contributed by atoms with van der Waals surface area (Å²) >= 11 is 12.1. The van der Waals surface area contributed by atoms with Crippen LogP contribution in [0.1, 0.15) is 26.2 Å². The number of amides is 1. The van der Waals surface area contributed by atoms with Crippen LogP contribution in [0.4, 0.5) is 5.69 Å². The summed E-state index contributed by atoms with van der Waals surface area (Å²) < 4.78 is 58.4. The monoisotopic (exact) mass is 577 g/mol. The van der Waals surface area contributed by atoms with E-state index in [1.165, 1.54) is 34.6 Å². The number of nitrogens with one attached hydrogen (secondary N) is 1. The molecule has 198 valence electrons. The van der Waals surface area contributed by atoms with E-state index in [0.717, 1.165) is 23.4 Å². The zero-order valence-electron chi connectivity index (χ0n) is 20.0. The summed E-state index contributed by atoms with van der Waals surface area (Å²) in [6.07, 6.45) is 2.94. The first kappa shape index (κ1) is 28.5. The van der Waals surface area contributed by atoms with Crippen LogP contribution in [0.25, 0.3) is 0 Å². The molecule has 1 heterocycles. The highest BCUT2D eigenvalue weighted by Crippen LogP contribution is 2.29. The molecule has 9 nitrogen and oxygen atoms in total. The second-order valence-corrected chi connectivity index (χ2v) is 13.0. The Morgan fingerprint density at radius 1 is 1.06 bits per heavy atom. The van der Waals surface area contributed by atoms with Crippen molar-refractivity contribution in [2.75, 3.05) is 36.8 Å². The predicted molar refractivity (Wildman–Crippen MR) is 141 cm³/mol. The van der Waals surface area contributed by atoms with Crippen LogP contribution in [0.5, 0.6) is 5.75 Å². The Labute approximate surface area is 222 Å². The maximum Gasteiger partial charge on any atom is 0.244 e. The Kier molecular flexibility index (Phi) is 9.50. The van der Waals surface area contributed by atoms with E-state index >= 15 is 0 Å². The molecule has 36 heavy (non-hydrogen) atoms. The Balaban J connectivity index is 1.60. The van der Waals surface area contributed by atoms with Crippen molar-refractivity contribution in [3.05, 3.63) is 52.5 Å². The fourth-order valence-corrected chi connectivity index (χ4v) is 7.20. The van der Waals surface area contributed by atoms with Gasteiger partial charge in [0.1, 0.15) is 18.4 Å². The van der Waals surface area contributed by atoms with Crippen molar-refractivity contribution in [1.82, 2.24) is 9.62 Å². The van der Waals surface area contributed by atoms with Gasteiger partial charge in [0, 0.05) is 23.1 Å². The zero-order chi connectivity index (χ0) is 26.5. The molecule has 1 N–H and O–H groups in total. The number of sulfonamides is 2. The number of hydrogen-bond donors (Lipinski definition) is 1. The predicted octanol–water partition coefficient (Wildman–Crippen LogP) is 3.52. The van der Waals surface area contributed by atoms with Crippen molar-refractivity contribution in [3.8, 4) is 5.75 Å². The van der Waals surface area contributed by atoms with Crippen LogP contribution in [-0.2, 0) is 24.8 Å². The molecule has 0 aromatic heterocycles. The van der Waals surface area contributed by atoms with Crippen LogP contribution in [-0.4, -0.2) is 65.6 Å². The van der Waals surface area contributed by atoms with E-state index in [4.69, 9.17) is 27.9 Å². The number of halogens is 2. The van der Waals surface area contributed by atoms with Crippen LogP contribution in [0.15, 0.2) is 47.4 Å². The van der Waals surface area contributed by atoms with Crippen molar-refractivity contribution in [3.63, 3.8) is 0 Å². The maximum atomic E-state index is 12.9. The summed E-state index contributed by atoms with van der Waals surface area (Å²) in [7, 11) is -7.33. The SMILES string of the molecule is CCC(C(=O)NCCOc1ccc(S(=O)(=O)N2CCCC2)cc1)N(c1cc(Cl)cc(Cl)c1)S(C)(=O)=O. The van der Waals surface area contributed by atoms with E-state index in [1.54, 1.807) is 19.1 Å². The highest BCUT2D eigenvalue weighted by molar-refractivity contribution is 7.92. The van der Waals surface area contributed by atoms with Gasteiger partial charge >= 0.3 is 0 Å². The highest BCUT2D eigenvalue weighted by atomic mass is 35.5. The lowest BCUT2D eigenvalue weighted by atomic mass is 10.2. The standard InChI is InChI=1S/C23H29Cl2N3O6S2/c1-3-22(28(35(2,30)31)19-15-17(24)14-18(25)16-19)23(29)26-10-13-34-20-6-8-21(9-7-20)36(32,33)27-11-4-5-12-27/h6-9,14-16,22H,3-5,10-13H2,1-2H3,(H,26,29). The molecule has 1 atom stereocenters. The quantitative estimate of drug-likeness (QED) is 0.409. The first-order valence-corrected chi connectivity index (χ1v) is 15.4. The molecule has 0 bridgehead atoms. The minimum Gasteiger partial charge on any atom is -0.492 e. The van der Waals surface area contributed by atoms with Crippen LogP contribution in [0.2, 0.25) is 10.0 Å². The Morgan fingerprint density at radius 3 is 2.17 bits per heavy atom. The lowest BCUT2D eigenvalue weighted by Gasteiger charge is -2.30. The molecule has 1 saturated heterocycles. The lowest BCUT2D eigenvalue weighted by molar-refractivity contribution is -0.122. The first-order chi connectivity index (χ1) is 16.9. The van der Waals surface area contributed by atoms with E-state index in [2.05, 4.69) is 5.32 Å². The van der Waals surface area contributed by atoms with Gasteiger partial charge in [0.05, 0.1) is 23.4 Å². The number of carbonyl (C=O) groups excluding carboxylic acids is 1. The van der Waals surface area contributed by atoms with E-state index < -0.39 is 32.0 Å². The topological polar surface area (TPSA) is 113 Å². The summed E-state index contributed by atoms with van der Waals surface area (Å²) in [6, 6.07) is 9.43. The smallest absolute Gasteiger partial charge is 0.244 e. The molecule has 1 unspecified atom stereocenters. The molecule has 1 amide bonds. The first-order valence-electron chi connectivity index (χ1n) is 11.4. The molecule has 3 rings (SSSR count). The van der Waals surface area contributed by atoms with E-state index in [0.29, 0.717) is 18.8 Å². The molecular weight excluding hydrogens is 549 g/mol. The summed E-state index contributed by atoms with van der Waals surface area (Å²) in [5, 5.41) is 3.18. The highest BCUT2D eigenvalue weighted by Gasteiger charge is 2.32. The van der Waals surface area contributed by atoms with E-state index in [1.807, 2.05) is 0 Å². The van der Waals surface area contributed by atoms with Crippen LogP contribution < -0.4 is 14.4 Å². The molecule has 0 spiro atoms. The van der Waals surface area contributed by atoms with Gasteiger partial charge in [0.25, 0.3) is 0 Å². The summed E-state index contributed by atoms with van der Waals surface area (Å²) in [4.78, 5) is 13.1. The normalized spacial score (nSPS) is 15.4. The number of carbonyl (C=O) groups is 1. The number of anilines is 1. The third-order valence-electron chi connectivity index (χ3n) is 5.63. The van der Waals surface area contributed by atoms with Gasteiger partial charge in [-0.15, -0.1) is 0 Å². The third-order valence-corrected chi connectivity index (χ3v) is 9.16. The Hall–Kier alpha value is -2.05. The van der Waals surface area contributed by atoms with Crippen LogP contribution >= 0.6 is 23.2 Å². The van der Waals surface area contributed by atoms with Gasteiger partial charge in [-0.2, -0.15) is 4.31 Å². The second-order valence-electron chi connectivity index (χ2n) is 8.33. The molecule has 0 radical (unpaired) electrons. The molecule has 0 aliphatic carbocycles. The molecule has 2 aromatic carbocycles. The molecule has 0 saturated carbocycles. The Bertz CT molecular complexity index is 1260. The zero-order valence-corrected chi connectivity index (χ0v) is 23.1. The van der Waals surface area contributed by atoms with Gasteiger partial charge in [0.2, 0.25) is 26.0 Å². The second kappa shape index (κ2) is 12.0. The van der Waals surface area contributed by atoms with E-state index in [9.17, 15) is 21.6 Å². The van der Waals surface area contributed by atoms with Gasteiger partial charge in [-0.1, -0.05) is 30.1 Å². The number of benzene rings is 2. The van der Waals surface area contributed by atoms with Gasteiger partial charge in [-0.25, -0.2) is 16.8 Å². The van der Waals surface area contributed by atoms with Crippen LogP contribution in [0.3, 0.4) is 0 Å². The Morgan fingerprint density at radius 2 is 1.64 bits per heavy atom. The fourth-order valence-electron chi connectivity index (χ4n) is 3.97. The minimum atomic E-state index is -3.83. The molecular formula is C23H29Cl2N3O6S2. The summed E-state index contributed by atoms with van der Waals surface area (Å²) in [5.74, 6) is -0.0577. The van der Waals surface area contributed by atoms with Crippen molar-refractivity contribution in [2.45, 2.75) is 37.1 Å². The van der Waals surface area contributed by atoms with Gasteiger partial charge in [-0.3, -0.25) is 9.10 Å². The number of hydrogen-bond acceptors (Lipinski definition) is 6.